The maximum atomic E-state index is 12.0. The summed E-state index contributed by atoms with van der Waals surface area (Å²) in [5.74, 6) is 0.794. The third kappa shape index (κ3) is 4.11. The van der Waals surface area contributed by atoms with Gasteiger partial charge < -0.3 is 20.5 Å². The predicted molar refractivity (Wildman–Crippen MR) is 81.4 cm³/mol. The van der Waals surface area contributed by atoms with Gasteiger partial charge in [-0.15, -0.1) is 0 Å². The zero-order chi connectivity index (χ0) is 15.3. The number of ether oxygens (including phenoxy) is 1. The monoisotopic (exact) mass is 292 g/mol. The first-order valence-corrected chi connectivity index (χ1v) is 7.38. The minimum absolute atomic E-state index is 0.107. The van der Waals surface area contributed by atoms with E-state index in [4.69, 9.17) is 9.84 Å². The molecule has 1 aliphatic rings. The highest BCUT2D eigenvalue weighted by Gasteiger charge is 2.37. The van der Waals surface area contributed by atoms with E-state index in [1.54, 1.807) is 7.11 Å². The molecule has 1 saturated carbocycles. The van der Waals surface area contributed by atoms with Gasteiger partial charge in [-0.05, 0) is 55.9 Å². The molecule has 1 aliphatic carbocycles. The number of urea groups is 1. The number of aliphatic hydroxyl groups is 1. The number of hydrogen-bond acceptors (Lipinski definition) is 3. The number of aryl methyl sites for hydroxylation is 1. The van der Waals surface area contributed by atoms with Crippen LogP contribution in [0.1, 0.15) is 36.8 Å². The van der Waals surface area contributed by atoms with E-state index in [2.05, 4.69) is 10.6 Å². The average Bonchev–Trinajstić information content (AvgIpc) is 2.42. The van der Waals surface area contributed by atoms with Gasteiger partial charge in [0.15, 0.2) is 0 Å². The molecule has 0 aliphatic heterocycles. The Labute approximate surface area is 125 Å². The van der Waals surface area contributed by atoms with Crippen LogP contribution in [0.2, 0.25) is 0 Å². The molecule has 5 heteroatoms. The van der Waals surface area contributed by atoms with Crippen molar-refractivity contribution in [1.82, 2.24) is 10.6 Å². The highest BCUT2D eigenvalue weighted by Crippen LogP contribution is 2.34. The number of benzene rings is 1. The molecule has 0 radical (unpaired) electrons. The van der Waals surface area contributed by atoms with Crippen LogP contribution in [0, 0.1) is 6.92 Å². The molecule has 3 N–H and O–H groups in total. The van der Waals surface area contributed by atoms with Crippen molar-refractivity contribution >= 4 is 6.03 Å². The fraction of sp³-hybridized carbons (Fsp3) is 0.562. The molecule has 0 atom stereocenters. The van der Waals surface area contributed by atoms with Crippen LogP contribution < -0.4 is 15.4 Å². The molecular formula is C16H24N2O3. The lowest BCUT2D eigenvalue weighted by atomic mass is 9.74. The Morgan fingerprint density at radius 3 is 2.71 bits per heavy atom. The number of carbonyl (C=O) groups is 1. The Morgan fingerprint density at radius 1 is 1.38 bits per heavy atom. The van der Waals surface area contributed by atoms with Crippen molar-refractivity contribution in [2.45, 2.75) is 44.7 Å². The van der Waals surface area contributed by atoms with Crippen molar-refractivity contribution in [1.29, 1.82) is 0 Å². The van der Waals surface area contributed by atoms with E-state index in [1.807, 2.05) is 25.1 Å². The van der Waals surface area contributed by atoms with Crippen LogP contribution >= 0.6 is 0 Å². The van der Waals surface area contributed by atoms with E-state index >= 15 is 0 Å². The molecule has 1 aromatic rings. The molecule has 0 aromatic heterocycles. The maximum absolute atomic E-state index is 12.0. The molecular weight excluding hydrogens is 268 g/mol. The fourth-order valence-corrected chi connectivity index (χ4v) is 2.77. The third-order valence-electron chi connectivity index (χ3n) is 4.08. The van der Waals surface area contributed by atoms with E-state index in [9.17, 15) is 4.79 Å². The van der Waals surface area contributed by atoms with Gasteiger partial charge in [-0.2, -0.15) is 0 Å². The Balaban J connectivity index is 1.87. The second-order valence-corrected chi connectivity index (χ2v) is 5.77. The molecule has 0 spiro atoms. The summed E-state index contributed by atoms with van der Waals surface area (Å²) in [6.07, 6.45) is 3.62. The van der Waals surface area contributed by atoms with Crippen molar-refractivity contribution < 1.29 is 14.6 Å². The van der Waals surface area contributed by atoms with Crippen LogP contribution in [-0.4, -0.2) is 30.4 Å². The maximum Gasteiger partial charge on any atom is 0.315 e. The van der Waals surface area contributed by atoms with Gasteiger partial charge in [0.1, 0.15) is 5.75 Å². The summed E-state index contributed by atoms with van der Waals surface area (Å²) in [6.45, 7) is 2.56. The number of aliphatic hydroxyl groups excluding tert-OH is 1. The normalized spacial score (nSPS) is 16.0. The molecule has 0 saturated heterocycles. The highest BCUT2D eigenvalue weighted by molar-refractivity contribution is 5.75. The lowest BCUT2D eigenvalue weighted by molar-refractivity contribution is 0.135. The van der Waals surface area contributed by atoms with E-state index in [1.165, 1.54) is 0 Å². The predicted octanol–water partition coefficient (Wildman–Crippen LogP) is 2.11. The van der Waals surface area contributed by atoms with Gasteiger partial charge in [-0.25, -0.2) is 4.79 Å². The van der Waals surface area contributed by atoms with Crippen LogP contribution in [0.25, 0.3) is 0 Å². The molecule has 0 unspecified atom stereocenters. The number of rotatable bonds is 6. The van der Waals surface area contributed by atoms with Crippen LogP contribution in [0.4, 0.5) is 4.79 Å². The van der Waals surface area contributed by atoms with Crippen molar-refractivity contribution in [3.05, 3.63) is 29.3 Å². The number of nitrogens with one attached hydrogen (secondary N) is 2. The summed E-state index contributed by atoms with van der Waals surface area (Å²) < 4.78 is 5.23. The first kappa shape index (κ1) is 15.6. The standard InChI is InChI=1S/C16H24N2O3/c1-12-8-13(10-14(9-12)21-2)11-17-15(20)18-16(6-7-19)4-3-5-16/h8-10,19H,3-7,11H2,1-2H3,(H2,17,18,20). The molecule has 0 bridgehead atoms. The van der Waals surface area contributed by atoms with E-state index < -0.39 is 0 Å². The minimum atomic E-state index is -0.205. The minimum Gasteiger partial charge on any atom is -0.497 e. The first-order valence-electron chi connectivity index (χ1n) is 7.38. The summed E-state index contributed by atoms with van der Waals surface area (Å²) in [7, 11) is 1.63. The van der Waals surface area contributed by atoms with E-state index in [-0.39, 0.29) is 18.2 Å². The lowest BCUT2D eigenvalue weighted by Crippen LogP contribution is -2.56. The van der Waals surface area contributed by atoms with Gasteiger partial charge in [-0.3, -0.25) is 0 Å². The Bertz CT molecular complexity index is 498. The molecule has 5 nitrogen and oxygen atoms in total. The summed E-state index contributed by atoms with van der Waals surface area (Å²) in [5.41, 5.74) is 1.90. The summed E-state index contributed by atoms with van der Waals surface area (Å²) in [6, 6.07) is 5.72. The number of hydrogen-bond donors (Lipinski definition) is 3. The van der Waals surface area contributed by atoms with Crippen LogP contribution in [-0.2, 0) is 6.54 Å². The van der Waals surface area contributed by atoms with Gasteiger partial charge in [0.25, 0.3) is 0 Å². The van der Waals surface area contributed by atoms with Crippen molar-refractivity contribution in [3.63, 3.8) is 0 Å². The van der Waals surface area contributed by atoms with Gasteiger partial charge in [0, 0.05) is 18.7 Å². The van der Waals surface area contributed by atoms with E-state index in [0.29, 0.717) is 13.0 Å². The second kappa shape index (κ2) is 6.80. The highest BCUT2D eigenvalue weighted by atomic mass is 16.5. The molecule has 116 valence electrons. The van der Waals surface area contributed by atoms with Crippen molar-refractivity contribution in [3.8, 4) is 5.75 Å². The summed E-state index contributed by atoms with van der Waals surface area (Å²) >= 11 is 0. The van der Waals surface area contributed by atoms with Crippen LogP contribution in [0.15, 0.2) is 18.2 Å². The Kier molecular flexibility index (Phi) is 5.07. The molecule has 1 fully saturated rings. The lowest BCUT2D eigenvalue weighted by Gasteiger charge is -2.42. The zero-order valence-electron chi connectivity index (χ0n) is 12.7. The molecule has 2 amide bonds. The van der Waals surface area contributed by atoms with Crippen molar-refractivity contribution in [2.24, 2.45) is 0 Å². The average molecular weight is 292 g/mol. The Morgan fingerprint density at radius 2 is 2.14 bits per heavy atom. The second-order valence-electron chi connectivity index (χ2n) is 5.77. The first-order chi connectivity index (χ1) is 10.1. The number of methoxy groups -OCH3 is 1. The van der Waals surface area contributed by atoms with Gasteiger partial charge in [-0.1, -0.05) is 6.07 Å². The van der Waals surface area contributed by atoms with Crippen LogP contribution in [0.3, 0.4) is 0 Å². The van der Waals surface area contributed by atoms with Gasteiger partial charge in [0.2, 0.25) is 0 Å². The largest absolute Gasteiger partial charge is 0.497 e. The van der Waals surface area contributed by atoms with Gasteiger partial charge >= 0.3 is 6.03 Å². The topological polar surface area (TPSA) is 70.6 Å². The quantitative estimate of drug-likeness (QED) is 0.752. The summed E-state index contributed by atoms with van der Waals surface area (Å²) in [5, 5.41) is 15.0. The fourth-order valence-electron chi connectivity index (χ4n) is 2.77. The van der Waals surface area contributed by atoms with Gasteiger partial charge in [0.05, 0.1) is 7.11 Å². The summed E-state index contributed by atoms with van der Waals surface area (Å²) in [4.78, 5) is 12.0. The smallest absolute Gasteiger partial charge is 0.315 e. The van der Waals surface area contributed by atoms with Crippen LogP contribution in [0.5, 0.6) is 5.75 Å². The number of carbonyl (C=O) groups excluding carboxylic acids is 1. The molecule has 1 aromatic carbocycles. The SMILES string of the molecule is COc1cc(C)cc(CNC(=O)NC2(CCO)CCC2)c1. The molecule has 2 rings (SSSR count). The molecule has 0 heterocycles. The third-order valence-corrected chi connectivity index (χ3v) is 4.08. The number of amides is 2. The van der Waals surface area contributed by atoms with Crippen molar-refractivity contribution in [2.75, 3.05) is 13.7 Å². The zero-order valence-corrected chi connectivity index (χ0v) is 12.7. The molecule has 21 heavy (non-hydrogen) atoms. The Hall–Kier alpha value is -1.75. The van der Waals surface area contributed by atoms with E-state index in [0.717, 1.165) is 36.1 Å².